The number of carbonyl (C=O) groups is 1. The summed E-state index contributed by atoms with van der Waals surface area (Å²) in [6.45, 7) is 5.30. The third-order valence-corrected chi connectivity index (χ3v) is 5.12. The number of nitrogens with zero attached hydrogens (tertiary/aromatic N) is 2. The zero-order valence-corrected chi connectivity index (χ0v) is 18.0. The topological polar surface area (TPSA) is 63.7 Å². The highest BCUT2D eigenvalue weighted by Gasteiger charge is 2.14. The minimum Gasteiger partial charge on any atom is -0.495 e. The third kappa shape index (κ3) is 4.82. The Morgan fingerprint density at radius 1 is 1.17 bits per heavy atom. The number of fused-ring (bicyclic) bond motifs is 1. The second-order valence-corrected chi connectivity index (χ2v) is 7.10. The first-order valence-electron chi connectivity index (χ1n) is 10.2. The second kappa shape index (κ2) is 9.96. The Labute approximate surface area is 177 Å². The molecule has 6 nitrogen and oxygen atoms in total. The van der Waals surface area contributed by atoms with E-state index in [2.05, 4.69) is 10.3 Å². The summed E-state index contributed by atoms with van der Waals surface area (Å²) in [4.78, 5) is 18.1. The number of para-hydroxylation sites is 1. The first kappa shape index (κ1) is 21.4. The maximum Gasteiger partial charge on any atom is 0.317 e. The van der Waals surface area contributed by atoms with Crippen LogP contribution in [0.5, 0.6) is 11.5 Å². The summed E-state index contributed by atoms with van der Waals surface area (Å²) in [7, 11) is 3.33. The van der Waals surface area contributed by atoms with Gasteiger partial charge < -0.3 is 19.7 Å². The molecule has 6 heteroatoms. The van der Waals surface area contributed by atoms with Crippen LogP contribution in [0.4, 0.5) is 4.79 Å². The van der Waals surface area contributed by atoms with E-state index in [9.17, 15) is 4.79 Å². The highest BCUT2D eigenvalue weighted by molar-refractivity contribution is 5.92. The van der Waals surface area contributed by atoms with Crippen LogP contribution in [0.2, 0.25) is 0 Å². The Morgan fingerprint density at radius 2 is 1.90 bits per heavy atom. The molecule has 2 aromatic carbocycles. The lowest BCUT2D eigenvalue weighted by Gasteiger charge is -2.22. The Kier molecular flexibility index (Phi) is 7.12. The van der Waals surface area contributed by atoms with Gasteiger partial charge in [0.15, 0.2) is 0 Å². The smallest absolute Gasteiger partial charge is 0.317 e. The number of aromatic nitrogens is 1. The Balaban J connectivity index is 1.69. The van der Waals surface area contributed by atoms with Gasteiger partial charge in [0.1, 0.15) is 11.5 Å². The average Bonchev–Trinajstić information content (AvgIpc) is 2.79. The van der Waals surface area contributed by atoms with Crippen molar-refractivity contribution < 1.29 is 14.3 Å². The number of pyridine rings is 1. The Bertz CT molecular complexity index is 989. The number of benzene rings is 2. The van der Waals surface area contributed by atoms with E-state index in [1.807, 2.05) is 68.6 Å². The first-order valence-corrected chi connectivity index (χ1v) is 10.2. The predicted octanol–water partition coefficient (Wildman–Crippen LogP) is 4.73. The lowest BCUT2D eigenvalue weighted by molar-refractivity contribution is 0.174. The molecule has 0 radical (unpaired) electrons. The largest absolute Gasteiger partial charge is 0.495 e. The van der Waals surface area contributed by atoms with Gasteiger partial charge in [-0.15, -0.1) is 0 Å². The number of hydrogen-bond acceptors (Lipinski definition) is 4. The fraction of sp³-hybridized carbons (Fsp3) is 0.333. The molecular formula is C24H29N3O3. The van der Waals surface area contributed by atoms with Gasteiger partial charge in [0.25, 0.3) is 0 Å². The van der Waals surface area contributed by atoms with Gasteiger partial charge in [0.2, 0.25) is 0 Å². The van der Waals surface area contributed by atoms with E-state index in [4.69, 9.17) is 9.47 Å². The number of rotatable bonds is 8. The average molecular weight is 408 g/mol. The van der Waals surface area contributed by atoms with Crippen LogP contribution in [0.3, 0.4) is 0 Å². The highest BCUT2D eigenvalue weighted by atomic mass is 16.5. The molecule has 2 amide bonds. The van der Waals surface area contributed by atoms with E-state index in [1.54, 1.807) is 19.1 Å². The van der Waals surface area contributed by atoms with Crippen LogP contribution < -0.4 is 14.8 Å². The molecule has 0 aliphatic heterocycles. The summed E-state index contributed by atoms with van der Waals surface area (Å²) in [6.07, 6.45) is 2.59. The molecule has 158 valence electrons. The minimum atomic E-state index is -0.0630. The van der Waals surface area contributed by atoms with Crippen LogP contribution in [0.25, 0.3) is 22.0 Å². The molecule has 0 spiro atoms. The van der Waals surface area contributed by atoms with Crippen molar-refractivity contribution in [3.63, 3.8) is 0 Å². The van der Waals surface area contributed by atoms with E-state index in [0.29, 0.717) is 13.1 Å². The summed E-state index contributed by atoms with van der Waals surface area (Å²) in [6, 6.07) is 15.8. The second-order valence-electron chi connectivity index (χ2n) is 7.10. The van der Waals surface area contributed by atoms with Gasteiger partial charge in [-0.25, -0.2) is 4.79 Å². The predicted molar refractivity (Wildman–Crippen MR) is 120 cm³/mol. The Morgan fingerprint density at radius 3 is 2.57 bits per heavy atom. The number of urea groups is 1. The zero-order valence-electron chi connectivity index (χ0n) is 18.0. The van der Waals surface area contributed by atoms with Gasteiger partial charge >= 0.3 is 6.03 Å². The lowest BCUT2D eigenvalue weighted by Crippen LogP contribution is -2.39. The normalized spacial score (nSPS) is 11.7. The maximum absolute atomic E-state index is 11.8. The number of ether oxygens (including phenoxy) is 2. The van der Waals surface area contributed by atoms with Crippen molar-refractivity contribution in [3.8, 4) is 22.6 Å². The van der Waals surface area contributed by atoms with Crippen molar-refractivity contribution in [2.45, 2.75) is 26.4 Å². The van der Waals surface area contributed by atoms with Crippen molar-refractivity contribution in [2.24, 2.45) is 0 Å². The molecule has 0 fully saturated rings. The lowest BCUT2D eigenvalue weighted by atomic mass is 10.0. The summed E-state index contributed by atoms with van der Waals surface area (Å²) >= 11 is 0. The molecule has 3 rings (SSSR count). The van der Waals surface area contributed by atoms with Crippen LogP contribution in [-0.2, 0) is 0 Å². The van der Waals surface area contributed by atoms with Crippen LogP contribution >= 0.6 is 0 Å². The molecule has 1 atom stereocenters. The molecule has 0 saturated carbocycles. The van der Waals surface area contributed by atoms with Crippen LogP contribution in [0, 0.1) is 0 Å². The molecule has 1 N–H and O–H groups in total. The van der Waals surface area contributed by atoms with Crippen LogP contribution in [0.15, 0.2) is 54.7 Å². The van der Waals surface area contributed by atoms with Crippen molar-refractivity contribution in [1.29, 1.82) is 0 Å². The van der Waals surface area contributed by atoms with Gasteiger partial charge in [0.05, 0.1) is 18.7 Å². The van der Waals surface area contributed by atoms with Crippen LogP contribution in [-0.4, -0.2) is 49.3 Å². The van der Waals surface area contributed by atoms with Crippen molar-refractivity contribution in [1.82, 2.24) is 15.2 Å². The van der Waals surface area contributed by atoms with Gasteiger partial charge in [-0.2, -0.15) is 0 Å². The fourth-order valence-corrected chi connectivity index (χ4v) is 3.44. The molecular weight excluding hydrogens is 378 g/mol. The first-order chi connectivity index (χ1) is 14.6. The number of amides is 2. The standard InChI is InChI=1S/C24H29N3O3/c1-5-27(24(28)25-3)15-14-17(2)30-19-12-10-18(11-13-19)21-16-26-22-9-7-6-8-20(22)23(21)29-4/h6-13,16-17H,5,14-15H2,1-4H3,(H,25,28). The van der Waals surface area contributed by atoms with E-state index in [1.165, 1.54) is 0 Å². The summed E-state index contributed by atoms with van der Waals surface area (Å²) in [5, 5.41) is 3.65. The molecule has 0 bridgehead atoms. The molecule has 1 unspecified atom stereocenters. The molecule has 0 aliphatic carbocycles. The van der Waals surface area contributed by atoms with E-state index in [-0.39, 0.29) is 12.1 Å². The van der Waals surface area contributed by atoms with Crippen molar-refractivity contribution in [2.75, 3.05) is 27.2 Å². The molecule has 1 aromatic heterocycles. The van der Waals surface area contributed by atoms with E-state index in [0.717, 1.165) is 39.9 Å². The number of carbonyl (C=O) groups excluding carboxylic acids is 1. The summed E-state index contributed by atoms with van der Waals surface area (Å²) in [5.41, 5.74) is 2.87. The minimum absolute atomic E-state index is 0.00794. The van der Waals surface area contributed by atoms with Crippen molar-refractivity contribution in [3.05, 3.63) is 54.7 Å². The number of methoxy groups -OCH3 is 1. The molecule has 0 saturated heterocycles. The number of nitrogens with one attached hydrogen (secondary N) is 1. The molecule has 3 aromatic rings. The van der Waals surface area contributed by atoms with Gasteiger partial charge in [-0.3, -0.25) is 4.98 Å². The molecule has 0 aliphatic rings. The van der Waals surface area contributed by atoms with E-state index >= 15 is 0 Å². The highest BCUT2D eigenvalue weighted by Crippen LogP contribution is 2.36. The van der Waals surface area contributed by atoms with Gasteiger partial charge in [0, 0.05) is 43.7 Å². The molecule has 1 heterocycles. The summed E-state index contributed by atoms with van der Waals surface area (Å²) < 4.78 is 11.7. The molecule has 30 heavy (non-hydrogen) atoms. The number of hydrogen-bond donors (Lipinski definition) is 1. The Hall–Kier alpha value is -3.28. The van der Waals surface area contributed by atoms with Crippen LogP contribution in [0.1, 0.15) is 20.3 Å². The summed E-state index contributed by atoms with van der Waals surface area (Å²) in [5.74, 6) is 1.61. The maximum atomic E-state index is 11.8. The van der Waals surface area contributed by atoms with Crippen molar-refractivity contribution >= 4 is 16.9 Å². The fourth-order valence-electron chi connectivity index (χ4n) is 3.44. The zero-order chi connectivity index (χ0) is 21.5. The van der Waals surface area contributed by atoms with Gasteiger partial charge in [-0.05, 0) is 43.7 Å². The van der Waals surface area contributed by atoms with E-state index < -0.39 is 0 Å². The monoisotopic (exact) mass is 407 g/mol. The quantitative estimate of drug-likeness (QED) is 0.586. The van der Waals surface area contributed by atoms with Gasteiger partial charge in [-0.1, -0.05) is 24.3 Å². The third-order valence-electron chi connectivity index (χ3n) is 5.12. The SMILES string of the molecule is CCN(CCC(C)Oc1ccc(-c2cnc3ccccc3c2OC)cc1)C(=O)NC.